The van der Waals surface area contributed by atoms with Crippen molar-refractivity contribution < 1.29 is 14.4 Å². The van der Waals surface area contributed by atoms with E-state index >= 15 is 0 Å². The van der Waals surface area contributed by atoms with Crippen molar-refractivity contribution in [1.82, 2.24) is 15.1 Å². The summed E-state index contributed by atoms with van der Waals surface area (Å²) in [6.07, 6.45) is 0. The maximum Gasteiger partial charge on any atom is 0.325 e. The number of carbonyl (C=O) groups is 3. The zero-order valence-corrected chi connectivity index (χ0v) is 16.5. The number of hydrogen-bond donors (Lipinski definition) is 1. The third kappa shape index (κ3) is 3.38. The molecule has 0 bridgehead atoms. The molecule has 6 heteroatoms. The van der Waals surface area contributed by atoms with E-state index in [4.69, 9.17) is 0 Å². The van der Waals surface area contributed by atoms with Crippen LogP contribution in [0.1, 0.15) is 26.3 Å². The van der Waals surface area contributed by atoms with Crippen LogP contribution >= 0.6 is 0 Å². The number of urea groups is 1. The van der Waals surface area contributed by atoms with Gasteiger partial charge in [-0.2, -0.15) is 0 Å². The molecule has 0 saturated carbocycles. The first-order valence-electron chi connectivity index (χ1n) is 9.32. The SMILES string of the molecule is C=C(C)CN(CC)C(=O)CN1C(=O)N[C@](C)(c2cccc3ccccc23)C1=O. The van der Waals surface area contributed by atoms with E-state index in [0.29, 0.717) is 18.7 Å². The van der Waals surface area contributed by atoms with Gasteiger partial charge >= 0.3 is 6.03 Å². The minimum absolute atomic E-state index is 0.281. The molecule has 1 N–H and O–H groups in total. The molecular weight excluding hydrogens is 354 g/mol. The summed E-state index contributed by atoms with van der Waals surface area (Å²) < 4.78 is 0. The highest BCUT2D eigenvalue weighted by atomic mass is 16.2. The summed E-state index contributed by atoms with van der Waals surface area (Å²) in [5, 5.41) is 4.67. The Morgan fingerprint density at radius 2 is 1.86 bits per heavy atom. The molecule has 0 spiro atoms. The fourth-order valence-corrected chi connectivity index (χ4v) is 3.62. The van der Waals surface area contributed by atoms with Crippen molar-refractivity contribution in [3.63, 3.8) is 0 Å². The van der Waals surface area contributed by atoms with E-state index in [9.17, 15) is 14.4 Å². The maximum absolute atomic E-state index is 13.2. The summed E-state index contributed by atoms with van der Waals surface area (Å²) in [5.41, 5.74) is 0.338. The van der Waals surface area contributed by atoms with E-state index in [1.54, 1.807) is 11.8 Å². The molecule has 0 unspecified atom stereocenters. The lowest BCUT2D eigenvalue weighted by atomic mass is 9.88. The standard InChI is InChI=1S/C22H25N3O3/c1-5-24(13-15(2)3)19(26)14-25-20(27)22(4,23-21(25)28)18-12-8-10-16-9-6-7-11-17(16)18/h6-12H,2,5,13-14H2,1,3-4H3,(H,23,28)/t22-/m1/s1. The average molecular weight is 379 g/mol. The van der Waals surface area contributed by atoms with Crippen LogP contribution < -0.4 is 5.32 Å². The molecule has 4 amide bonds. The summed E-state index contributed by atoms with van der Waals surface area (Å²) in [4.78, 5) is 41.0. The number of fused-ring (bicyclic) bond motifs is 1. The number of rotatable bonds is 6. The van der Waals surface area contributed by atoms with Gasteiger partial charge in [0.2, 0.25) is 5.91 Å². The molecule has 1 fully saturated rings. The number of nitrogens with one attached hydrogen (secondary N) is 1. The van der Waals surface area contributed by atoms with Crippen molar-refractivity contribution in [2.24, 2.45) is 0 Å². The van der Waals surface area contributed by atoms with Gasteiger partial charge in [0.25, 0.3) is 5.91 Å². The Hall–Kier alpha value is -3.15. The Morgan fingerprint density at radius 3 is 2.54 bits per heavy atom. The van der Waals surface area contributed by atoms with Crippen molar-refractivity contribution in [2.75, 3.05) is 19.6 Å². The molecule has 1 heterocycles. The summed E-state index contributed by atoms with van der Waals surface area (Å²) in [6.45, 7) is 9.80. The van der Waals surface area contributed by atoms with Crippen molar-refractivity contribution in [2.45, 2.75) is 26.3 Å². The molecule has 0 aliphatic carbocycles. The third-order valence-electron chi connectivity index (χ3n) is 5.09. The van der Waals surface area contributed by atoms with Crippen molar-refractivity contribution in [1.29, 1.82) is 0 Å². The normalized spacial score (nSPS) is 19.0. The van der Waals surface area contributed by atoms with E-state index in [-0.39, 0.29) is 12.5 Å². The number of amides is 4. The van der Waals surface area contributed by atoms with E-state index in [1.807, 2.05) is 56.3 Å². The van der Waals surface area contributed by atoms with E-state index in [0.717, 1.165) is 21.2 Å². The Kier molecular flexibility index (Phi) is 5.23. The minimum atomic E-state index is -1.22. The van der Waals surface area contributed by atoms with Crippen LogP contribution in [0.15, 0.2) is 54.6 Å². The van der Waals surface area contributed by atoms with Gasteiger partial charge in [-0.3, -0.25) is 14.5 Å². The lowest BCUT2D eigenvalue weighted by Gasteiger charge is -2.25. The molecule has 1 aliphatic rings. The quantitative estimate of drug-likeness (QED) is 0.620. The van der Waals surface area contributed by atoms with Gasteiger partial charge < -0.3 is 10.2 Å². The predicted molar refractivity (Wildman–Crippen MR) is 109 cm³/mol. The largest absolute Gasteiger partial charge is 0.337 e. The van der Waals surface area contributed by atoms with E-state index < -0.39 is 17.5 Å². The van der Waals surface area contributed by atoms with Gasteiger partial charge in [-0.15, -0.1) is 0 Å². The zero-order chi connectivity index (χ0) is 20.5. The van der Waals surface area contributed by atoms with Crippen molar-refractivity contribution >= 4 is 28.6 Å². The van der Waals surface area contributed by atoms with Gasteiger partial charge in [0.05, 0.1) is 0 Å². The summed E-state index contributed by atoms with van der Waals surface area (Å²) >= 11 is 0. The highest BCUT2D eigenvalue weighted by Gasteiger charge is 2.50. The summed E-state index contributed by atoms with van der Waals surface area (Å²) in [5.74, 6) is -0.704. The topological polar surface area (TPSA) is 69.7 Å². The molecule has 6 nitrogen and oxygen atoms in total. The van der Waals surface area contributed by atoms with Gasteiger partial charge in [-0.25, -0.2) is 4.79 Å². The molecule has 0 radical (unpaired) electrons. The second kappa shape index (κ2) is 7.46. The first-order chi connectivity index (χ1) is 13.3. The van der Waals surface area contributed by atoms with Crippen LogP contribution in [0.2, 0.25) is 0 Å². The van der Waals surface area contributed by atoms with Crippen LogP contribution in [-0.2, 0) is 15.1 Å². The van der Waals surface area contributed by atoms with Crippen molar-refractivity contribution in [3.05, 3.63) is 60.2 Å². The smallest absolute Gasteiger partial charge is 0.325 e. The summed E-state index contributed by atoms with van der Waals surface area (Å²) in [7, 11) is 0. The highest BCUT2D eigenvalue weighted by molar-refractivity contribution is 6.10. The van der Waals surface area contributed by atoms with Crippen LogP contribution in [-0.4, -0.2) is 47.3 Å². The third-order valence-corrected chi connectivity index (χ3v) is 5.09. The maximum atomic E-state index is 13.2. The Balaban J connectivity index is 1.90. The Morgan fingerprint density at radius 1 is 1.18 bits per heavy atom. The molecule has 2 aromatic rings. The predicted octanol–water partition coefficient (Wildman–Crippen LogP) is 3.03. The van der Waals surface area contributed by atoms with Crippen LogP contribution in [0.3, 0.4) is 0 Å². The summed E-state index contributed by atoms with van der Waals surface area (Å²) in [6, 6.07) is 12.8. The van der Waals surface area contributed by atoms with E-state index in [1.165, 1.54) is 0 Å². The molecular formula is C22H25N3O3. The zero-order valence-electron chi connectivity index (χ0n) is 16.5. The van der Waals surface area contributed by atoms with Crippen LogP contribution in [0.5, 0.6) is 0 Å². The fraction of sp³-hybridized carbons (Fsp3) is 0.318. The number of nitrogens with zero attached hydrogens (tertiary/aromatic N) is 2. The van der Waals surface area contributed by atoms with Crippen LogP contribution in [0.25, 0.3) is 10.8 Å². The fourth-order valence-electron chi connectivity index (χ4n) is 3.62. The number of benzene rings is 2. The minimum Gasteiger partial charge on any atom is -0.337 e. The number of imide groups is 1. The highest BCUT2D eigenvalue weighted by Crippen LogP contribution is 2.33. The first kappa shape index (κ1) is 19.6. The van der Waals surface area contributed by atoms with Crippen LogP contribution in [0.4, 0.5) is 4.79 Å². The second-order valence-corrected chi connectivity index (χ2v) is 7.34. The molecule has 1 saturated heterocycles. The van der Waals surface area contributed by atoms with Crippen LogP contribution in [0, 0.1) is 0 Å². The number of likely N-dealkylation sites (N-methyl/N-ethyl adjacent to an activating group) is 1. The molecule has 146 valence electrons. The van der Waals surface area contributed by atoms with Gasteiger partial charge in [0, 0.05) is 13.1 Å². The van der Waals surface area contributed by atoms with E-state index in [2.05, 4.69) is 11.9 Å². The van der Waals surface area contributed by atoms with Gasteiger partial charge in [0.15, 0.2) is 0 Å². The van der Waals surface area contributed by atoms with Crippen molar-refractivity contribution in [3.8, 4) is 0 Å². The molecule has 28 heavy (non-hydrogen) atoms. The molecule has 2 aromatic carbocycles. The molecule has 1 aliphatic heterocycles. The molecule has 3 rings (SSSR count). The Bertz CT molecular complexity index is 963. The van der Waals surface area contributed by atoms with Gasteiger partial charge in [-0.1, -0.05) is 54.6 Å². The monoisotopic (exact) mass is 379 g/mol. The lowest BCUT2D eigenvalue weighted by molar-refractivity contribution is -0.138. The van der Waals surface area contributed by atoms with Gasteiger partial charge in [-0.05, 0) is 37.1 Å². The Labute approximate surface area is 164 Å². The first-order valence-corrected chi connectivity index (χ1v) is 9.32. The van der Waals surface area contributed by atoms with Gasteiger partial charge in [0.1, 0.15) is 12.1 Å². The number of hydrogen-bond acceptors (Lipinski definition) is 3. The average Bonchev–Trinajstić information content (AvgIpc) is 2.89. The second-order valence-electron chi connectivity index (χ2n) is 7.34. The lowest BCUT2D eigenvalue weighted by Crippen LogP contribution is -2.45. The molecule has 0 aromatic heterocycles. The number of carbonyl (C=O) groups excluding carboxylic acids is 3. The molecule has 1 atom stereocenters.